The van der Waals surface area contributed by atoms with Crippen LogP contribution in [0.25, 0.3) is 0 Å². The van der Waals surface area contributed by atoms with Gasteiger partial charge in [0.25, 0.3) is 0 Å². The number of hydrogen-bond donors (Lipinski definition) is 1. The third kappa shape index (κ3) is 5.95. The third-order valence-electron chi connectivity index (χ3n) is 7.25. The standard InChI is InChI=1S/C26H37N3O4/c1-19(2)29-16-22-6-3-4-8-24(22)33-13-5-7-21-15-27(26(32)18-29)11-9-20(21)14-25(31)28-12-10-23(30)17-28/h3-8,19-21,23,30H,9-18H2,1-2H3/t20-,21-,23+/m0/s1. The van der Waals surface area contributed by atoms with Gasteiger partial charge in [-0.15, -0.1) is 0 Å². The lowest BCUT2D eigenvalue weighted by Crippen LogP contribution is -2.48. The number of fused-ring (bicyclic) bond motifs is 3. The molecule has 1 N–H and O–H groups in total. The van der Waals surface area contributed by atoms with Gasteiger partial charge < -0.3 is 19.6 Å². The van der Waals surface area contributed by atoms with Crippen LogP contribution in [0.5, 0.6) is 5.75 Å². The van der Waals surface area contributed by atoms with E-state index in [2.05, 4.69) is 30.9 Å². The minimum atomic E-state index is -0.400. The summed E-state index contributed by atoms with van der Waals surface area (Å²) in [6.07, 6.45) is 5.70. The number of aliphatic hydroxyl groups is 1. The first-order valence-corrected chi connectivity index (χ1v) is 12.3. The van der Waals surface area contributed by atoms with Crippen molar-refractivity contribution in [2.75, 3.05) is 39.3 Å². The molecule has 2 bridgehead atoms. The van der Waals surface area contributed by atoms with Crippen molar-refractivity contribution in [1.29, 1.82) is 0 Å². The Hall–Kier alpha value is -2.38. The van der Waals surface area contributed by atoms with Crippen molar-refractivity contribution >= 4 is 11.8 Å². The predicted molar refractivity (Wildman–Crippen MR) is 127 cm³/mol. The first-order chi connectivity index (χ1) is 15.9. The van der Waals surface area contributed by atoms with Crippen LogP contribution in [0, 0.1) is 11.8 Å². The van der Waals surface area contributed by atoms with Crippen LogP contribution in [0.2, 0.25) is 0 Å². The van der Waals surface area contributed by atoms with Crippen molar-refractivity contribution in [1.82, 2.24) is 14.7 Å². The number of carbonyl (C=O) groups excluding carboxylic acids is 2. The summed E-state index contributed by atoms with van der Waals surface area (Å²) in [6.45, 7) is 8.13. The van der Waals surface area contributed by atoms with Gasteiger partial charge in [-0.2, -0.15) is 0 Å². The number of nitrogens with zero attached hydrogens (tertiary/aromatic N) is 3. The highest BCUT2D eigenvalue weighted by Gasteiger charge is 2.34. The van der Waals surface area contributed by atoms with Crippen molar-refractivity contribution in [2.45, 2.75) is 51.8 Å². The summed E-state index contributed by atoms with van der Waals surface area (Å²) in [5.41, 5.74) is 1.08. The molecule has 3 atom stereocenters. The van der Waals surface area contributed by atoms with E-state index in [0.717, 1.165) is 17.7 Å². The maximum atomic E-state index is 13.3. The van der Waals surface area contributed by atoms with E-state index in [1.807, 2.05) is 29.2 Å². The number of rotatable bonds is 3. The summed E-state index contributed by atoms with van der Waals surface area (Å²) in [7, 11) is 0. The second-order valence-corrected chi connectivity index (χ2v) is 9.88. The average Bonchev–Trinajstić information content (AvgIpc) is 3.24. The van der Waals surface area contributed by atoms with Gasteiger partial charge >= 0.3 is 0 Å². The summed E-state index contributed by atoms with van der Waals surface area (Å²) in [5, 5.41) is 9.79. The molecule has 2 saturated heterocycles. The number of aliphatic hydroxyl groups excluding tert-OH is 1. The van der Waals surface area contributed by atoms with Crippen LogP contribution < -0.4 is 4.74 Å². The molecule has 7 nitrogen and oxygen atoms in total. The third-order valence-corrected chi connectivity index (χ3v) is 7.25. The van der Waals surface area contributed by atoms with Crippen LogP contribution in [-0.4, -0.2) is 83.1 Å². The molecule has 1 aromatic rings. The quantitative estimate of drug-likeness (QED) is 0.708. The van der Waals surface area contributed by atoms with Gasteiger partial charge in [0, 0.05) is 50.7 Å². The van der Waals surface area contributed by atoms with E-state index in [1.54, 1.807) is 4.90 Å². The number of piperidine rings is 1. The fraction of sp³-hybridized carbons (Fsp3) is 0.615. The van der Waals surface area contributed by atoms with Crippen LogP contribution in [-0.2, 0) is 16.1 Å². The molecule has 0 radical (unpaired) electrons. The monoisotopic (exact) mass is 455 g/mol. The molecule has 3 aliphatic rings. The Morgan fingerprint density at radius 1 is 1.15 bits per heavy atom. The van der Waals surface area contributed by atoms with E-state index in [1.165, 1.54) is 0 Å². The van der Waals surface area contributed by atoms with Gasteiger partial charge in [0.05, 0.1) is 12.6 Å². The van der Waals surface area contributed by atoms with Gasteiger partial charge in [0.15, 0.2) is 0 Å². The van der Waals surface area contributed by atoms with Crippen molar-refractivity contribution < 1.29 is 19.4 Å². The molecule has 0 spiro atoms. The van der Waals surface area contributed by atoms with Crippen molar-refractivity contribution in [3.8, 4) is 5.75 Å². The molecular weight excluding hydrogens is 418 g/mol. The molecule has 3 heterocycles. The lowest BCUT2D eigenvalue weighted by Gasteiger charge is -2.39. The molecule has 2 fully saturated rings. The van der Waals surface area contributed by atoms with Crippen molar-refractivity contribution in [3.05, 3.63) is 42.0 Å². The first-order valence-electron chi connectivity index (χ1n) is 12.3. The normalized spacial score (nSPS) is 26.9. The second-order valence-electron chi connectivity index (χ2n) is 9.88. The van der Waals surface area contributed by atoms with Crippen LogP contribution in [0.4, 0.5) is 0 Å². The molecule has 4 rings (SSSR count). The van der Waals surface area contributed by atoms with E-state index in [9.17, 15) is 14.7 Å². The van der Waals surface area contributed by atoms with E-state index < -0.39 is 6.10 Å². The minimum Gasteiger partial charge on any atom is -0.489 e. The summed E-state index contributed by atoms with van der Waals surface area (Å²) in [4.78, 5) is 32.0. The maximum Gasteiger partial charge on any atom is 0.236 e. The Labute approximate surface area is 197 Å². The highest BCUT2D eigenvalue weighted by molar-refractivity contribution is 5.79. The van der Waals surface area contributed by atoms with Gasteiger partial charge in [-0.25, -0.2) is 0 Å². The number of β-amino-alcohol motifs (C(OH)–C–C–N with tert-alkyl or cyclic N) is 1. The van der Waals surface area contributed by atoms with E-state index in [4.69, 9.17) is 4.74 Å². The number of likely N-dealkylation sites (tertiary alicyclic amines) is 1. The maximum absolute atomic E-state index is 13.3. The number of ether oxygens (including phenoxy) is 1. The van der Waals surface area contributed by atoms with Gasteiger partial charge in [-0.3, -0.25) is 14.5 Å². The number of amides is 2. The average molecular weight is 456 g/mol. The first kappa shape index (κ1) is 23.8. The number of carbonyl (C=O) groups is 2. The number of benzene rings is 1. The predicted octanol–water partition coefficient (Wildman–Crippen LogP) is 2.29. The molecule has 2 amide bonds. The Balaban J connectivity index is 1.51. The van der Waals surface area contributed by atoms with Gasteiger partial charge in [-0.1, -0.05) is 30.4 Å². The highest BCUT2D eigenvalue weighted by Crippen LogP contribution is 2.30. The molecule has 3 aliphatic heterocycles. The molecular formula is C26H37N3O4. The second kappa shape index (κ2) is 10.7. The SMILES string of the molecule is CC(C)N1CC(=O)N2CC[C@@H](CC(=O)N3CC[C@@H](O)C3)[C@@H](C=CCOc3ccccc3C1)C2. The van der Waals surface area contributed by atoms with Crippen LogP contribution in [0.15, 0.2) is 36.4 Å². The molecule has 0 aliphatic carbocycles. The van der Waals surface area contributed by atoms with E-state index >= 15 is 0 Å². The van der Waals surface area contributed by atoms with Crippen LogP contribution >= 0.6 is 0 Å². The van der Waals surface area contributed by atoms with E-state index in [-0.39, 0.29) is 29.7 Å². The minimum absolute atomic E-state index is 0.115. The molecule has 33 heavy (non-hydrogen) atoms. The Morgan fingerprint density at radius 3 is 2.73 bits per heavy atom. The Kier molecular flexibility index (Phi) is 7.71. The molecule has 0 saturated carbocycles. The topological polar surface area (TPSA) is 73.3 Å². The largest absolute Gasteiger partial charge is 0.489 e. The van der Waals surface area contributed by atoms with E-state index in [0.29, 0.717) is 58.7 Å². The Bertz CT molecular complexity index is 871. The number of hydrogen-bond acceptors (Lipinski definition) is 5. The summed E-state index contributed by atoms with van der Waals surface area (Å²) in [6, 6.07) is 8.26. The summed E-state index contributed by atoms with van der Waals surface area (Å²) in [5.74, 6) is 1.42. The molecule has 180 valence electrons. The smallest absolute Gasteiger partial charge is 0.236 e. The van der Waals surface area contributed by atoms with Crippen molar-refractivity contribution in [2.24, 2.45) is 11.8 Å². The zero-order valence-electron chi connectivity index (χ0n) is 19.9. The molecule has 1 aromatic carbocycles. The highest BCUT2D eigenvalue weighted by atomic mass is 16.5. The molecule has 0 aromatic heterocycles. The van der Waals surface area contributed by atoms with Crippen LogP contribution in [0.1, 0.15) is 38.7 Å². The lowest BCUT2D eigenvalue weighted by atomic mass is 9.82. The summed E-state index contributed by atoms with van der Waals surface area (Å²) >= 11 is 0. The van der Waals surface area contributed by atoms with Gasteiger partial charge in [-0.05, 0) is 44.6 Å². The number of para-hydroxylation sites is 1. The zero-order chi connectivity index (χ0) is 23.4. The fourth-order valence-corrected chi connectivity index (χ4v) is 5.11. The summed E-state index contributed by atoms with van der Waals surface area (Å²) < 4.78 is 6.09. The molecule has 7 heteroatoms. The fourth-order valence-electron chi connectivity index (χ4n) is 5.11. The van der Waals surface area contributed by atoms with Crippen LogP contribution in [0.3, 0.4) is 0 Å². The van der Waals surface area contributed by atoms with Gasteiger partial charge in [0.1, 0.15) is 12.4 Å². The molecule has 0 unspecified atom stereocenters. The zero-order valence-corrected chi connectivity index (χ0v) is 19.9. The van der Waals surface area contributed by atoms with Crippen molar-refractivity contribution in [3.63, 3.8) is 0 Å². The van der Waals surface area contributed by atoms with Gasteiger partial charge in [0.2, 0.25) is 11.8 Å². The lowest BCUT2D eigenvalue weighted by molar-refractivity contribution is -0.136. The Morgan fingerprint density at radius 2 is 1.97 bits per heavy atom.